The number of anilines is 2. The lowest BCUT2D eigenvalue weighted by Gasteiger charge is -2.28. The number of benzene rings is 5. The largest absolute Gasteiger partial charge is 0.457 e. The first-order valence-electron chi connectivity index (χ1n) is 18.1. The van der Waals surface area contributed by atoms with Gasteiger partial charge < -0.3 is 23.7 Å². The lowest BCUT2D eigenvalue weighted by atomic mass is 9.81. The van der Waals surface area contributed by atoms with Gasteiger partial charge in [0.05, 0.1) is 30.1 Å². The number of nitrogens with zero attached hydrogens (tertiary/aromatic N) is 1. The van der Waals surface area contributed by atoms with E-state index in [1.165, 1.54) is 4.90 Å². The molecule has 5 aromatic rings. The summed E-state index contributed by atoms with van der Waals surface area (Å²) < 4.78 is 28.7. The van der Waals surface area contributed by atoms with E-state index in [2.05, 4.69) is 10.6 Å². The highest BCUT2D eigenvalue weighted by Crippen LogP contribution is 2.49. The Labute approximate surface area is 316 Å². The molecule has 3 fully saturated rings. The standard InChI is InChI=1S/C43H37N3O9/c47-40-38-36-23-24-37(55-36)39(38)41(48)46(40)30(26-51-42(49)44-28-13-19-33(20-14-28)52-31-7-3-1-4-8-31)25-27-11-17-35(18-12-27)54-43(50)45-29-15-21-34(22-16-29)53-32-9-5-2-6-10-32/h1-22,30,36-39H,23-26H2,(H,44,49)(H,45,50). The molecular formula is C43H37N3O9. The number of amides is 4. The van der Waals surface area contributed by atoms with Crippen LogP contribution >= 0.6 is 0 Å². The van der Waals surface area contributed by atoms with Crippen LogP contribution in [-0.2, 0) is 25.5 Å². The summed E-state index contributed by atoms with van der Waals surface area (Å²) in [5, 5.41) is 5.39. The van der Waals surface area contributed by atoms with Crippen molar-refractivity contribution in [2.75, 3.05) is 17.2 Å². The molecule has 0 radical (unpaired) electrons. The Kier molecular flexibility index (Phi) is 10.1. The van der Waals surface area contributed by atoms with E-state index in [9.17, 15) is 19.2 Å². The van der Waals surface area contributed by atoms with Crippen molar-refractivity contribution in [2.24, 2.45) is 11.8 Å². The molecule has 0 aromatic heterocycles. The van der Waals surface area contributed by atoms with Crippen LogP contribution in [0, 0.1) is 11.8 Å². The number of hydrogen-bond acceptors (Lipinski definition) is 9. The SMILES string of the molecule is O=C(Nc1ccc(Oc2ccccc2)cc1)OCC(Cc1ccc(OC(=O)Nc2ccc(Oc3ccccc3)cc2)cc1)N1C(=O)C2C3CCC(O3)C2C1=O. The van der Waals surface area contributed by atoms with E-state index >= 15 is 0 Å². The first-order chi connectivity index (χ1) is 26.9. The van der Waals surface area contributed by atoms with Gasteiger partial charge in [-0.05, 0) is 110 Å². The quantitative estimate of drug-likeness (QED) is 0.121. The van der Waals surface area contributed by atoms with Crippen molar-refractivity contribution in [2.45, 2.75) is 37.5 Å². The van der Waals surface area contributed by atoms with Crippen molar-refractivity contribution in [1.82, 2.24) is 4.90 Å². The van der Waals surface area contributed by atoms with Gasteiger partial charge in [-0.1, -0.05) is 48.5 Å². The molecule has 12 heteroatoms. The van der Waals surface area contributed by atoms with Gasteiger partial charge in [0.15, 0.2) is 0 Å². The molecular weight excluding hydrogens is 702 g/mol. The number of ether oxygens (including phenoxy) is 5. The van der Waals surface area contributed by atoms with Crippen LogP contribution in [0.5, 0.6) is 28.7 Å². The summed E-state index contributed by atoms with van der Waals surface area (Å²) in [6.45, 7) is -0.232. The molecule has 0 saturated carbocycles. The van der Waals surface area contributed by atoms with E-state index in [0.29, 0.717) is 34.4 Å². The van der Waals surface area contributed by atoms with Crippen LogP contribution in [0.25, 0.3) is 0 Å². The number of carbonyl (C=O) groups excluding carboxylic acids is 4. The highest BCUT2D eigenvalue weighted by atomic mass is 16.6. The van der Waals surface area contributed by atoms with Crippen molar-refractivity contribution < 1.29 is 42.9 Å². The molecule has 2 bridgehead atoms. The molecule has 12 nitrogen and oxygen atoms in total. The molecule has 3 aliphatic rings. The number of carbonyl (C=O) groups is 4. The number of hydrogen-bond donors (Lipinski definition) is 2. The summed E-state index contributed by atoms with van der Waals surface area (Å²) in [5.41, 5.74) is 1.74. The average molecular weight is 740 g/mol. The van der Waals surface area contributed by atoms with Crippen LogP contribution in [-0.4, -0.2) is 53.8 Å². The second-order valence-electron chi connectivity index (χ2n) is 13.5. The topological polar surface area (TPSA) is 142 Å². The predicted molar refractivity (Wildman–Crippen MR) is 201 cm³/mol. The zero-order valence-corrected chi connectivity index (χ0v) is 29.5. The minimum Gasteiger partial charge on any atom is -0.457 e. The molecule has 2 N–H and O–H groups in total. The van der Waals surface area contributed by atoms with Crippen molar-refractivity contribution in [1.29, 1.82) is 0 Å². The minimum absolute atomic E-state index is 0.204. The molecule has 0 spiro atoms. The van der Waals surface area contributed by atoms with Gasteiger partial charge in [-0.15, -0.1) is 0 Å². The van der Waals surface area contributed by atoms with Gasteiger partial charge in [0, 0.05) is 11.4 Å². The molecule has 5 aromatic carbocycles. The summed E-state index contributed by atoms with van der Waals surface area (Å²) in [5.74, 6) is 1.22. The first kappa shape index (κ1) is 35.4. The monoisotopic (exact) mass is 739 g/mol. The zero-order chi connectivity index (χ0) is 37.7. The van der Waals surface area contributed by atoms with E-state index in [1.807, 2.05) is 60.7 Å². The van der Waals surface area contributed by atoms with Gasteiger partial charge in [-0.2, -0.15) is 0 Å². The van der Waals surface area contributed by atoms with Crippen LogP contribution in [0.4, 0.5) is 21.0 Å². The maximum atomic E-state index is 13.7. The van der Waals surface area contributed by atoms with Crippen LogP contribution < -0.4 is 24.8 Å². The molecule has 55 heavy (non-hydrogen) atoms. The highest BCUT2D eigenvalue weighted by molar-refractivity contribution is 6.06. The number of likely N-dealkylation sites (tertiary alicyclic amines) is 1. The molecule has 3 aliphatic heterocycles. The predicted octanol–water partition coefficient (Wildman–Crippen LogP) is 8.20. The number of fused-ring (bicyclic) bond motifs is 5. The van der Waals surface area contributed by atoms with Gasteiger partial charge in [0.25, 0.3) is 0 Å². The molecule has 5 atom stereocenters. The third-order valence-corrected chi connectivity index (χ3v) is 9.85. The van der Waals surface area contributed by atoms with Crippen molar-refractivity contribution in [3.05, 3.63) is 139 Å². The van der Waals surface area contributed by atoms with Crippen LogP contribution in [0.1, 0.15) is 18.4 Å². The van der Waals surface area contributed by atoms with E-state index < -0.39 is 30.1 Å². The normalized spacial score (nSPS) is 20.0. The number of imide groups is 1. The molecule has 8 rings (SSSR count). The number of nitrogens with one attached hydrogen (secondary N) is 2. The summed E-state index contributed by atoms with van der Waals surface area (Å²) in [6, 6.07) is 38.3. The van der Waals surface area contributed by atoms with E-state index in [-0.39, 0.29) is 42.8 Å². The summed E-state index contributed by atoms with van der Waals surface area (Å²) in [6.07, 6.45) is -0.303. The minimum atomic E-state index is -0.777. The molecule has 4 amide bonds. The Morgan fingerprint density at radius 1 is 0.600 bits per heavy atom. The van der Waals surface area contributed by atoms with Gasteiger partial charge in [-0.3, -0.25) is 25.1 Å². The smallest absolute Gasteiger partial charge is 0.417 e. The fraction of sp³-hybridized carbons (Fsp3) is 0.209. The molecule has 3 heterocycles. The summed E-state index contributed by atoms with van der Waals surface area (Å²) in [4.78, 5) is 54.4. The van der Waals surface area contributed by atoms with Crippen LogP contribution in [0.2, 0.25) is 0 Å². The Morgan fingerprint density at radius 3 is 1.56 bits per heavy atom. The van der Waals surface area contributed by atoms with Crippen LogP contribution in [0.15, 0.2) is 133 Å². The molecule has 3 saturated heterocycles. The molecule has 5 unspecified atom stereocenters. The second kappa shape index (κ2) is 15.7. The number of rotatable bonds is 12. The van der Waals surface area contributed by atoms with E-state index in [4.69, 9.17) is 23.7 Å². The Morgan fingerprint density at radius 2 is 1.05 bits per heavy atom. The average Bonchev–Trinajstić information content (AvgIpc) is 3.90. The van der Waals surface area contributed by atoms with Crippen LogP contribution in [0.3, 0.4) is 0 Å². The van der Waals surface area contributed by atoms with Gasteiger partial charge in [0.1, 0.15) is 35.4 Å². The fourth-order valence-corrected chi connectivity index (χ4v) is 7.32. The van der Waals surface area contributed by atoms with E-state index in [1.54, 1.807) is 72.8 Å². The highest BCUT2D eigenvalue weighted by Gasteiger charge is 2.63. The van der Waals surface area contributed by atoms with Crippen molar-refractivity contribution >= 4 is 35.4 Å². The molecule has 0 aliphatic carbocycles. The third-order valence-electron chi connectivity index (χ3n) is 9.85. The summed E-state index contributed by atoms with van der Waals surface area (Å²) in [7, 11) is 0. The lowest BCUT2D eigenvalue weighted by Crippen LogP contribution is -2.46. The first-order valence-corrected chi connectivity index (χ1v) is 18.1. The van der Waals surface area contributed by atoms with Gasteiger partial charge in [0.2, 0.25) is 11.8 Å². The third kappa shape index (κ3) is 8.14. The van der Waals surface area contributed by atoms with Crippen molar-refractivity contribution in [3.63, 3.8) is 0 Å². The second-order valence-corrected chi connectivity index (χ2v) is 13.5. The van der Waals surface area contributed by atoms with Gasteiger partial charge in [-0.25, -0.2) is 9.59 Å². The molecule has 278 valence electrons. The van der Waals surface area contributed by atoms with E-state index in [0.717, 1.165) is 18.4 Å². The maximum Gasteiger partial charge on any atom is 0.417 e. The zero-order valence-electron chi connectivity index (χ0n) is 29.5. The Balaban J connectivity index is 0.892. The summed E-state index contributed by atoms with van der Waals surface area (Å²) >= 11 is 0. The number of para-hydroxylation sites is 2. The Hall–Kier alpha value is -6.66. The lowest BCUT2D eigenvalue weighted by molar-refractivity contribution is -0.146. The van der Waals surface area contributed by atoms with Crippen molar-refractivity contribution in [3.8, 4) is 28.7 Å². The van der Waals surface area contributed by atoms with Gasteiger partial charge >= 0.3 is 12.2 Å². The maximum absolute atomic E-state index is 13.7. The Bertz CT molecular complexity index is 2120. The fourth-order valence-electron chi connectivity index (χ4n) is 7.32.